The van der Waals surface area contributed by atoms with Gasteiger partial charge in [-0.3, -0.25) is 0 Å². The molecule has 5 nitrogen and oxygen atoms in total. The third kappa shape index (κ3) is 2.25. The smallest absolute Gasteiger partial charge is 0.337 e. The molecular formula is C13H15N3O2. The minimum Gasteiger partial charge on any atom is -0.478 e. The van der Waals surface area contributed by atoms with Gasteiger partial charge in [0.15, 0.2) is 5.82 Å². The molecule has 0 fully saturated rings. The molecule has 0 unspecified atom stereocenters. The summed E-state index contributed by atoms with van der Waals surface area (Å²) in [6, 6.07) is 5.15. The van der Waals surface area contributed by atoms with Gasteiger partial charge in [-0.2, -0.15) is 5.10 Å². The number of aromatic nitrogens is 3. The van der Waals surface area contributed by atoms with Crippen LogP contribution in [0.4, 0.5) is 0 Å². The number of aryl methyl sites for hydroxylation is 1. The maximum absolute atomic E-state index is 10.9. The molecule has 0 saturated carbocycles. The van der Waals surface area contributed by atoms with Gasteiger partial charge in [0.2, 0.25) is 0 Å². The quantitative estimate of drug-likeness (QED) is 0.901. The first kappa shape index (κ1) is 12.3. The summed E-state index contributed by atoms with van der Waals surface area (Å²) in [5, 5.41) is 13.3. The van der Waals surface area contributed by atoms with E-state index < -0.39 is 5.97 Å². The highest BCUT2D eigenvalue weighted by atomic mass is 16.4. The summed E-state index contributed by atoms with van der Waals surface area (Å²) < 4.78 is 1.66. The van der Waals surface area contributed by atoms with E-state index in [9.17, 15) is 4.79 Å². The number of carbonyl (C=O) groups is 1. The minimum absolute atomic E-state index is 0.218. The van der Waals surface area contributed by atoms with Crippen molar-refractivity contribution in [1.29, 1.82) is 0 Å². The van der Waals surface area contributed by atoms with Gasteiger partial charge in [0.1, 0.15) is 0 Å². The van der Waals surface area contributed by atoms with Crippen molar-refractivity contribution in [2.24, 2.45) is 0 Å². The highest BCUT2D eigenvalue weighted by Crippen LogP contribution is 2.14. The monoisotopic (exact) mass is 245 g/mol. The molecular weight excluding hydrogens is 230 g/mol. The zero-order valence-electron chi connectivity index (χ0n) is 10.6. The number of hydrogen-bond donors (Lipinski definition) is 1. The number of nitrogens with zero attached hydrogens (tertiary/aromatic N) is 3. The molecule has 2 aromatic rings. The Balaban J connectivity index is 2.39. The predicted molar refractivity (Wildman–Crippen MR) is 67.1 cm³/mol. The lowest BCUT2D eigenvalue weighted by Gasteiger charge is -2.05. The second-order valence-electron chi connectivity index (χ2n) is 4.45. The standard InChI is InChI=1S/C13H15N3O2/c1-8(2)11-6-7-16(15-11)12-5-4-10(13(17)18)9(3)14-12/h4-8H,1-3H3,(H,17,18). The summed E-state index contributed by atoms with van der Waals surface area (Å²) in [5.74, 6) is 0.0184. The summed E-state index contributed by atoms with van der Waals surface area (Å²) >= 11 is 0. The van der Waals surface area contributed by atoms with Gasteiger partial charge < -0.3 is 5.11 Å². The van der Waals surface area contributed by atoms with Gasteiger partial charge in [-0.15, -0.1) is 0 Å². The molecule has 5 heteroatoms. The average Bonchev–Trinajstić information content (AvgIpc) is 2.77. The van der Waals surface area contributed by atoms with Gasteiger partial charge in [0.05, 0.1) is 17.0 Å². The summed E-state index contributed by atoms with van der Waals surface area (Å²) in [4.78, 5) is 15.2. The SMILES string of the molecule is Cc1nc(-n2ccc(C(C)C)n2)ccc1C(=O)O. The number of carboxylic acid groups (broad SMARTS) is 1. The van der Waals surface area contributed by atoms with Crippen molar-refractivity contribution < 1.29 is 9.90 Å². The van der Waals surface area contributed by atoms with Crippen molar-refractivity contribution in [3.63, 3.8) is 0 Å². The Kier molecular flexibility index (Phi) is 3.14. The van der Waals surface area contributed by atoms with E-state index in [1.807, 2.05) is 12.3 Å². The van der Waals surface area contributed by atoms with E-state index >= 15 is 0 Å². The lowest BCUT2D eigenvalue weighted by Crippen LogP contribution is -2.06. The van der Waals surface area contributed by atoms with Crippen molar-refractivity contribution in [1.82, 2.24) is 14.8 Å². The number of pyridine rings is 1. The largest absolute Gasteiger partial charge is 0.478 e. The molecule has 2 heterocycles. The second-order valence-corrected chi connectivity index (χ2v) is 4.45. The van der Waals surface area contributed by atoms with E-state index in [4.69, 9.17) is 5.11 Å². The third-order valence-corrected chi connectivity index (χ3v) is 2.74. The fourth-order valence-electron chi connectivity index (χ4n) is 1.67. The van der Waals surface area contributed by atoms with E-state index in [0.717, 1.165) is 5.69 Å². The van der Waals surface area contributed by atoms with Gasteiger partial charge in [-0.05, 0) is 31.0 Å². The Hall–Kier alpha value is -2.17. The van der Waals surface area contributed by atoms with Crippen molar-refractivity contribution in [3.8, 4) is 5.82 Å². The summed E-state index contributed by atoms with van der Waals surface area (Å²) in [5.41, 5.74) is 1.69. The topological polar surface area (TPSA) is 68.0 Å². The molecule has 0 aliphatic carbocycles. The van der Waals surface area contributed by atoms with Crippen molar-refractivity contribution >= 4 is 5.97 Å². The molecule has 0 radical (unpaired) electrons. The maximum atomic E-state index is 10.9. The van der Waals surface area contributed by atoms with E-state index in [2.05, 4.69) is 23.9 Å². The van der Waals surface area contributed by atoms with Crippen LogP contribution in [0.15, 0.2) is 24.4 Å². The van der Waals surface area contributed by atoms with Crippen LogP contribution in [0.25, 0.3) is 5.82 Å². The average molecular weight is 245 g/mol. The first-order chi connectivity index (χ1) is 8.49. The Morgan fingerprint density at radius 3 is 2.56 bits per heavy atom. The van der Waals surface area contributed by atoms with Crippen LogP contribution in [0.2, 0.25) is 0 Å². The molecule has 1 N–H and O–H groups in total. The molecule has 0 atom stereocenters. The molecule has 0 aromatic carbocycles. The van der Waals surface area contributed by atoms with Crippen LogP contribution in [0.1, 0.15) is 41.5 Å². The van der Waals surface area contributed by atoms with Crippen LogP contribution in [-0.4, -0.2) is 25.8 Å². The van der Waals surface area contributed by atoms with Crippen molar-refractivity contribution in [2.45, 2.75) is 26.7 Å². The van der Waals surface area contributed by atoms with Gasteiger partial charge >= 0.3 is 5.97 Å². The zero-order valence-corrected chi connectivity index (χ0v) is 10.6. The lowest BCUT2D eigenvalue weighted by molar-refractivity contribution is 0.0695. The Morgan fingerprint density at radius 2 is 2.06 bits per heavy atom. The number of hydrogen-bond acceptors (Lipinski definition) is 3. The fraction of sp³-hybridized carbons (Fsp3) is 0.308. The number of rotatable bonds is 3. The van der Waals surface area contributed by atoms with Crippen LogP contribution in [0.3, 0.4) is 0 Å². The van der Waals surface area contributed by atoms with E-state index in [1.165, 1.54) is 0 Å². The minimum atomic E-state index is -0.963. The zero-order chi connectivity index (χ0) is 13.3. The van der Waals surface area contributed by atoms with Crippen molar-refractivity contribution in [3.05, 3.63) is 41.3 Å². The van der Waals surface area contributed by atoms with E-state index in [1.54, 1.807) is 23.7 Å². The van der Waals surface area contributed by atoms with Crippen LogP contribution in [0.5, 0.6) is 0 Å². The second kappa shape index (κ2) is 4.60. The summed E-state index contributed by atoms with van der Waals surface area (Å²) in [6.45, 7) is 5.82. The van der Waals surface area contributed by atoms with E-state index in [0.29, 0.717) is 17.4 Å². The lowest BCUT2D eigenvalue weighted by atomic mass is 10.1. The van der Waals surface area contributed by atoms with Gasteiger partial charge in [0.25, 0.3) is 0 Å². The molecule has 2 aromatic heterocycles. The number of aromatic carboxylic acids is 1. The molecule has 94 valence electrons. The Bertz CT molecular complexity index is 588. The molecule has 18 heavy (non-hydrogen) atoms. The van der Waals surface area contributed by atoms with Crippen LogP contribution in [0, 0.1) is 6.92 Å². The first-order valence-corrected chi connectivity index (χ1v) is 5.76. The Morgan fingerprint density at radius 1 is 1.33 bits per heavy atom. The first-order valence-electron chi connectivity index (χ1n) is 5.76. The van der Waals surface area contributed by atoms with Gasteiger partial charge in [0, 0.05) is 6.20 Å². The molecule has 0 aliphatic heterocycles. The molecule has 0 bridgehead atoms. The highest BCUT2D eigenvalue weighted by molar-refractivity contribution is 5.88. The summed E-state index contributed by atoms with van der Waals surface area (Å²) in [7, 11) is 0. The molecule has 0 amide bonds. The fourth-order valence-corrected chi connectivity index (χ4v) is 1.67. The van der Waals surface area contributed by atoms with Crippen molar-refractivity contribution in [2.75, 3.05) is 0 Å². The van der Waals surface area contributed by atoms with Crippen LogP contribution >= 0.6 is 0 Å². The molecule has 2 rings (SSSR count). The normalized spacial score (nSPS) is 10.9. The van der Waals surface area contributed by atoms with E-state index in [-0.39, 0.29) is 5.56 Å². The van der Waals surface area contributed by atoms with Crippen LogP contribution < -0.4 is 0 Å². The van der Waals surface area contributed by atoms with Gasteiger partial charge in [-0.1, -0.05) is 13.8 Å². The number of carboxylic acids is 1. The molecule has 0 saturated heterocycles. The van der Waals surface area contributed by atoms with Gasteiger partial charge in [-0.25, -0.2) is 14.5 Å². The van der Waals surface area contributed by atoms with Crippen LogP contribution in [-0.2, 0) is 0 Å². The third-order valence-electron chi connectivity index (χ3n) is 2.74. The maximum Gasteiger partial charge on any atom is 0.337 e. The molecule has 0 spiro atoms. The predicted octanol–water partition coefficient (Wildman–Crippen LogP) is 2.40. The summed E-state index contributed by atoms with van der Waals surface area (Å²) in [6.07, 6.45) is 1.83. The Labute approximate surface area is 105 Å². The molecule has 0 aliphatic rings. The highest BCUT2D eigenvalue weighted by Gasteiger charge is 2.10.